The number of benzene rings is 1. The maximum atomic E-state index is 12.4. The van der Waals surface area contributed by atoms with Crippen molar-refractivity contribution in [3.05, 3.63) is 27.3 Å². The van der Waals surface area contributed by atoms with E-state index in [9.17, 15) is 17.7 Å². The molecule has 0 bridgehead atoms. The van der Waals surface area contributed by atoms with Gasteiger partial charge in [0.05, 0.1) is 12.7 Å². The van der Waals surface area contributed by atoms with Gasteiger partial charge in [-0.25, -0.2) is 4.79 Å². The predicted molar refractivity (Wildman–Crippen MR) is 59.2 cm³/mol. The van der Waals surface area contributed by atoms with Gasteiger partial charge in [-0.3, -0.25) is 0 Å². The fraction of sp³-hybridized carbons (Fsp3) is 0.125. The zero-order chi connectivity index (χ0) is 11.6. The number of halogens is 4. The standard InChI is InChI=1S/C8H6BF3IO2/c1-15-8(14)5-2-6(9(10,11)12)4-7(13)3-5/h2-4H,1H3/q-1. The van der Waals surface area contributed by atoms with Crippen LogP contribution in [0.2, 0.25) is 0 Å². The van der Waals surface area contributed by atoms with Gasteiger partial charge < -0.3 is 17.7 Å². The van der Waals surface area contributed by atoms with Crippen molar-refractivity contribution in [1.82, 2.24) is 0 Å². The van der Waals surface area contributed by atoms with Gasteiger partial charge in [0, 0.05) is 3.57 Å². The highest BCUT2D eigenvalue weighted by Gasteiger charge is 2.26. The van der Waals surface area contributed by atoms with E-state index in [1.165, 1.54) is 6.07 Å². The minimum absolute atomic E-state index is 0.0846. The molecule has 7 heteroatoms. The lowest BCUT2D eigenvalue weighted by Gasteiger charge is -2.16. The Morgan fingerprint density at radius 3 is 2.40 bits per heavy atom. The Kier molecular flexibility index (Phi) is 3.64. The van der Waals surface area contributed by atoms with Gasteiger partial charge in [-0.1, -0.05) is 12.1 Å². The Bertz CT molecular complexity index is 392. The summed E-state index contributed by atoms with van der Waals surface area (Å²) in [6.07, 6.45) is 0. The van der Waals surface area contributed by atoms with Crippen LogP contribution >= 0.6 is 22.6 Å². The minimum Gasteiger partial charge on any atom is -0.465 e. The Morgan fingerprint density at radius 1 is 1.33 bits per heavy atom. The van der Waals surface area contributed by atoms with Crippen LogP contribution in [0.15, 0.2) is 18.2 Å². The van der Waals surface area contributed by atoms with Crippen molar-refractivity contribution in [3.63, 3.8) is 0 Å². The summed E-state index contributed by atoms with van der Waals surface area (Å²) >= 11 is 1.72. The van der Waals surface area contributed by atoms with Crippen LogP contribution in [0.5, 0.6) is 0 Å². The Balaban J connectivity index is 3.23. The first kappa shape index (κ1) is 12.3. The highest BCUT2D eigenvalue weighted by molar-refractivity contribution is 14.1. The summed E-state index contributed by atoms with van der Waals surface area (Å²) in [5.74, 6) is -0.769. The highest BCUT2D eigenvalue weighted by atomic mass is 127. The van der Waals surface area contributed by atoms with Crippen LogP contribution in [-0.4, -0.2) is 20.1 Å². The first-order valence-corrected chi connectivity index (χ1v) is 5.01. The van der Waals surface area contributed by atoms with Crippen molar-refractivity contribution in [2.75, 3.05) is 7.11 Å². The molecule has 0 aliphatic heterocycles. The molecule has 0 aliphatic carbocycles. The lowest BCUT2D eigenvalue weighted by Crippen LogP contribution is -2.34. The average Bonchev–Trinajstić information content (AvgIpc) is 2.14. The van der Waals surface area contributed by atoms with Crippen LogP contribution in [0.4, 0.5) is 12.9 Å². The number of carbonyl (C=O) groups excluding carboxylic acids is 1. The highest BCUT2D eigenvalue weighted by Crippen LogP contribution is 2.14. The number of hydrogen-bond acceptors (Lipinski definition) is 2. The molecule has 0 amide bonds. The summed E-state index contributed by atoms with van der Waals surface area (Å²) in [6, 6.07) is 3.14. The lowest BCUT2D eigenvalue weighted by atomic mass is 9.79. The SMILES string of the molecule is COC(=O)c1cc(I)cc([B-](F)(F)F)c1. The zero-order valence-corrected chi connectivity index (χ0v) is 9.80. The number of esters is 1. The van der Waals surface area contributed by atoms with Crippen LogP contribution < -0.4 is 5.46 Å². The molecule has 0 radical (unpaired) electrons. The number of ether oxygens (including phenoxy) is 1. The van der Waals surface area contributed by atoms with E-state index in [2.05, 4.69) is 4.74 Å². The minimum atomic E-state index is -5.09. The van der Waals surface area contributed by atoms with Crippen LogP contribution in [-0.2, 0) is 4.74 Å². The summed E-state index contributed by atoms with van der Waals surface area (Å²) in [5, 5.41) is 0. The van der Waals surface area contributed by atoms with Gasteiger partial charge in [-0.05, 0) is 28.7 Å². The van der Waals surface area contributed by atoms with E-state index in [1.54, 1.807) is 22.6 Å². The number of carbonyl (C=O) groups is 1. The Labute approximate surface area is 98.0 Å². The van der Waals surface area contributed by atoms with E-state index >= 15 is 0 Å². The van der Waals surface area contributed by atoms with Crippen LogP contribution in [0.3, 0.4) is 0 Å². The van der Waals surface area contributed by atoms with Crippen molar-refractivity contribution < 1.29 is 22.5 Å². The second-order valence-corrected chi connectivity index (χ2v) is 4.09. The first-order valence-electron chi connectivity index (χ1n) is 3.93. The molecule has 0 atom stereocenters. The second-order valence-electron chi connectivity index (χ2n) is 2.84. The quantitative estimate of drug-likeness (QED) is 0.472. The maximum absolute atomic E-state index is 12.4. The third kappa shape index (κ3) is 3.12. The van der Waals surface area contributed by atoms with Gasteiger partial charge in [0.25, 0.3) is 0 Å². The molecule has 2 nitrogen and oxygen atoms in total. The van der Waals surface area contributed by atoms with Crippen LogP contribution in [0.25, 0.3) is 0 Å². The zero-order valence-electron chi connectivity index (χ0n) is 7.64. The van der Waals surface area contributed by atoms with Crippen LogP contribution in [0.1, 0.15) is 10.4 Å². The summed E-state index contributed by atoms with van der Waals surface area (Å²) in [6.45, 7) is -5.09. The van der Waals surface area contributed by atoms with E-state index in [4.69, 9.17) is 0 Å². The summed E-state index contributed by atoms with van der Waals surface area (Å²) in [4.78, 5) is 11.1. The van der Waals surface area contributed by atoms with Crippen molar-refractivity contribution >= 4 is 41.0 Å². The summed E-state index contributed by atoms with van der Waals surface area (Å²) < 4.78 is 42.0. The molecule has 1 aromatic rings. The number of hydrogen-bond donors (Lipinski definition) is 0. The molecular formula is C8H6BF3IO2-. The summed E-state index contributed by atoms with van der Waals surface area (Å²) in [5.41, 5.74) is -0.874. The third-order valence-corrected chi connectivity index (χ3v) is 2.34. The summed E-state index contributed by atoms with van der Waals surface area (Å²) in [7, 11) is 1.13. The Hall–Kier alpha value is -0.725. The van der Waals surface area contributed by atoms with Gasteiger partial charge in [-0.15, -0.1) is 5.46 Å². The molecule has 15 heavy (non-hydrogen) atoms. The van der Waals surface area contributed by atoms with Gasteiger partial charge in [0.15, 0.2) is 0 Å². The number of methoxy groups -OCH3 is 1. The van der Waals surface area contributed by atoms with Crippen LogP contribution in [0, 0.1) is 3.57 Å². The molecule has 1 aromatic carbocycles. The van der Waals surface area contributed by atoms with E-state index < -0.39 is 18.4 Å². The second kappa shape index (κ2) is 4.42. The smallest absolute Gasteiger partial charge is 0.465 e. The van der Waals surface area contributed by atoms with Crippen molar-refractivity contribution in [2.45, 2.75) is 0 Å². The molecule has 0 aliphatic rings. The van der Waals surface area contributed by atoms with Gasteiger partial charge in [-0.2, -0.15) is 0 Å². The molecule has 0 saturated heterocycles. The third-order valence-electron chi connectivity index (χ3n) is 1.72. The topological polar surface area (TPSA) is 26.3 Å². The molecule has 1 rings (SSSR count). The fourth-order valence-electron chi connectivity index (χ4n) is 1.04. The first-order chi connectivity index (χ1) is 6.84. The largest absolute Gasteiger partial charge is 0.509 e. The van der Waals surface area contributed by atoms with Crippen molar-refractivity contribution in [3.8, 4) is 0 Å². The molecule has 0 heterocycles. The average molecular weight is 329 g/mol. The van der Waals surface area contributed by atoms with E-state index in [0.29, 0.717) is 3.57 Å². The van der Waals surface area contributed by atoms with E-state index in [0.717, 1.165) is 19.2 Å². The van der Waals surface area contributed by atoms with Gasteiger partial charge in [0.2, 0.25) is 0 Å². The van der Waals surface area contributed by atoms with E-state index in [1.807, 2.05) is 0 Å². The molecule has 0 spiro atoms. The molecule has 0 saturated carbocycles. The predicted octanol–water partition coefficient (Wildman–Crippen LogP) is 2.13. The molecule has 0 fully saturated rings. The molecule has 0 N–H and O–H groups in total. The van der Waals surface area contributed by atoms with Gasteiger partial charge >= 0.3 is 12.9 Å². The normalized spacial score (nSPS) is 11.3. The molecule has 82 valence electrons. The Morgan fingerprint density at radius 2 is 1.93 bits per heavy atom. The molecular weight excluding hydrogens is 323 g/mol. The lowest BCUT2D eigenvalue weighted by molar-refractivity contribution is 0.0601. The maximum Gasteiger partial charge on any atom is 0.509 e. The van der Waals surface area contributed by atoms with Crippen molar-refractivity contribution in [1.29, 1.82) is 0 Å². The fourth-order valence-corrected chi connectivity index (χ4v) is 1.73. The molecule has 0 aromatic heterocycles. The van der Waals surface area contributed by atoms with E-state index in [-0.39, 0.29) is 5.56 Å². The molecule has 0 unspecified atom stereocenters. The van der Waals surface area contributed by atoms with Gasteiger partial charge in [0.1, 0.15) is 0 Å². The van der Waals surface area contributed by atoms with Crippen molar-refractivity contribution in [2.24, 2.45) is 0 Å². The monoisotopic (exact) mass is 329 g/mol. The number of rotatable bonds is 2.